The molecule has 0 aliphatic rings. The van der Waals surface area contributed by atoms with Gasteiger partial charge in [-0.1, -0.05) is 23.2 Å². The molecule has 0 amide bonds. The van der Waals surface area contributed by atoms with Crippen molar-refractivity contribution in [2.45, 2.75) is 0 Å². The zero-order valence-corrected chi connectivity index (χ0v) is 8.47. The molecule has 0 aliphatic heterocycles. The van der Waals surface area contributed by atoms with Crippen molar-refractivity contribution in [3.05, 3.63) is 28.5 Å². The third kappa shape index (κ3) is 1.42. The van der Waals surface area contributed by atoms with Gasteiger partial charge in [-0.2, -0.15) is 5.10 Å². The van der Waals surface area contributed by atoms with Gasteiger partial charge >= 0.3 is 0 Å². The highest BCUT2D eigenvalue weighted by molar-refractivity contribution is 6.37. The van der Waals surface area contributed by atoms with Crippen LogP contribution in [0.4, 0.5) is 5.69 Å². The molecule has 0 unspecified atom stereocenters. The summed E-state index contributed by atoms with van der Waals surface area (Å²) in [4.78, 5) is 3.96. The van der Waals surface area contributed by atoms with Crippen molar-refractivity contribution in [1.82, 2.24) is 15.2 Å². The number of anilines is 1. The van der Waals surface area contributed by atoms with Crippen molar-refractivity contribution in [2.75, 3.05) is 5.73 Å². The Bertz CT molecular complexity index is 453. The number of aromatic amines is 1. The summed E-state index contributed by atoms with van der Waals surface area (Å²) < 4.78 is 0. The number of nitrogen functional groups attached to an aromatic ring is 1. The number of nitrogens with two attached hydrogens (primary N) is 1. The highest BCUT2D eigenvalue weighted by Gasteiger charge is 2.12. The Morgan fingerprint density at radius 3 is 2.57 bits per heavy atom. The molecule has 0 spiro atoms. The molecule has 72 valence electrons. The molecule has 2 rings (SSSR count). The highest BCUT2D eigenvalue weighted by atomic mass is 35.5. The second-order valence-corrected chi connectivity index (χ2v) is 3.47. The van der Waals surface area contributed by atoms with Gasteiger partial charge in [0, 0.05) is 0 Å². The van der Waals surface area contributed by atoms with Crippen LogP contribution < -0.4 is 5.73 Å². The molecule has 1 heterocycles. The number of H-pyrrole nitrogens is 1. The van der Waals surface area contributed by atoms with Gasteiger partial charge in [0.2, 0.25) is 0 Å². The topological polar surface area (TPSA) is 67.6 Å². The molecule has 1 aromatic carbocycles. The molecule has 3 N–H and O–H groups in total. The molecule has 4 nitrogen and oxygen atoms in total. The van der Waals surface area contributed by atoms with Gasteiger partial charge in [-0.3, -0.25) is 5.10 Å². The van der Waals surface area contributed by atoms with Crippen molar-refractivity contribution < 1.29 is 0 Å². The molecule has 2 aromatic rings. The van der Waals surface area contributed by atoms with Gasteiger partial charge in [-0.25, -0.2) is 4.98 Å². The van der Waals surface area contributed by atoms with Crippen LogP contribution in [-0.2, 0) is 0 Å². The fourth-order valence-corrected chi connectivity index (χ4v) is 1.55. The van der Waals surface area contributed by atoms with E-state index in [0.29, 0.717) is 27.1 Å². The standard InChI is InChI=1S/C8H6Cl2N4/c9-4-1-2-5(10)7(11)6(4)8-12-3-13-14-8/h1-3H,11H2,(H,12,13,14). The molecule has 14 heavy (non-hydrogen) atoms. The minimum absolute atomic E-state index is 0.399. The Balaban J connectivity index is 2.69. The van der Waals surface area contributed by atoms with E-state index in [0.717, 1.165) is 0 Å². The smallest absolute Gasteiger partial charge is 0.159 e. The van der Waals surface area contributed by atoms with Crippen molar-refractivity contribution in [2.24, 2.45) is 0 Å². The Morgan fingerprint density at radius 2 is 1.93 bits per heavy atom. The first kappa shape index (κ1) is 9.30. The van der Waals surface area contributed by atoms with Gasteiger partial charge in [0.15, 0.2) is 5.82 Å². The molecule has 0 bridgehead atoms. The lowest BCUT2D eigenvalue weighted by atomic mass is 10.1. The second-order valence-electron chi connectivity index (χ2n) is 2.65. The lowest BCUT2D eigenvalue weighted by molar-refractivity contribution is 1.10. The molecule has 0 aliphatic carbocycles. The molecular formula is C8H6Cl2N4. The van der Waals surface area contributed by atoms with E-state index in [1.807, 2.05) is 0 Å². The van der Waals surface area contributed by atoms with Gasteiger partial charge in [0.25, 0.3) is 0 Å². The first-order chi connectivity index (χ1) is 6.70. The lowest BCUT2D eigenvalue weighted by Gasteiger charge is -2.05. The van der Waals surface area contributed by atoms with Gasteiger partial charge in [-0.05, 0) is 12.1 Å². The Hall–Kier alpha value is -1.26. The van der Waals surface area contributed by atoms with Crippen LogP contribution in [0.3, 0.4) is 0 Å². The van der Waals surface area contributed by atoms with E-state index in [1.165, 1.54) is 6.33 Å². The first-order valence-corrected chi connectivity index (χ1v) is 4.55. The summed E-state index contributed by atoms with van der Waals surface area (Å²) >= 11 is 11.8. The second kappa shape index (κ2) is 3.48. The summed E-state index contributed by atoms with van der Waals surface area (Å²) in [6, 6.07) is 3.30. The minimum atomic E-state index is 0.399. The summed E-state index contributed by atoms with van der Waals surface area (Å²) in [5.41, 5.74) is 6.75. The molecule has 0 radical (unpaired) electrons. The van der Waals surface area contributed by atoms with Crippen LogP contribution in [-0.4, -0.2) is 15.2 Å². The fraction of sp³-hybridized carbons (Fsp3) is 0. The summed E-state index contributed by atoms with van der Waals surface area (Å²) in [7, 11) is 0. The van der Waals surface area contributed by atoms with Crippen LogP contribution in [0.15, 0.2) is 18.5 Å². The van der Waals surface area contributed by atoms with Crippen LogP contribution in [0, 0.1) is 0 Å². The van der Waals surface area contributed by atoms with Crippen LogP contribution in [0.5, 0.6) is 0 Å². The first-order valence-electron chi connectivity index (χ1n) is 3.79. The number of benzene rings is 1. The maximum atomic E-state index is 5.97. The molecule has 0 fully saturated rings. The molecule has 6 heteroatoms. The lowest BCUT2D eigenvalue weighted by Crippen LogP contribution is -1.93. The van der Waals surface area contributed by atoms with Crippen LogP contribution >= 0.6 is 23.2 Å². The van der Waals surface area contributed by atoms with Crippen LogP contribution in [0.2, 0.25) is 10.0 Å². The van der Waals surface area contributed by atoms with Crippen molar-refractivity contribution in [3.63, 3.8) is 0 Å². The van der Waals surface area contributed by atoms with E-state index in [2.05, 4.69) is 15.2 Å². The Labute approximate surface area is 90.1 Å². The number of rotatable bonds is 1. The SMILES string of the molecule is Nc1c(Cl)ccc(Cl)c1-c1ncn[nH]1. The average molecular weight is 229 g/mol. The molecule has 0 saturated carbocycles. The van der Waals surface area contributed by atoms with E-state index < -0.39 is 0 Å². The van der Waals surface area contributed by atoms with E-state index in [1.54, 1.807) is 12.1 Å². The van der Waals surface area contributed by atoms with Gasteiger partial charge in [-0.15, -0.1) is 0 Å². The van der Waals surface area contributed by atoms with E-state index in [9.17, 15) is 0 Å². The van der Waals surface area contributed by atoms with Gasteiger partial charge in [0.1, 0.15) is 6.33 Å². The van der Waals surface area contributed by atoms with Gasteiger partial charge in [0.05, 0.1) is 21.3 Å². The predicted molar refractivity (Wildman–Crippen MR) is 56.3 cm³/mol. The number of hydrogen-bond acceptors (Lipinski definition) is 3. The zero-order chi connectivity index (χ0) is 10.1. The number of halogens is 2. The van der Waals surface area contributed by atoms with E-state index in [4.69, 9.17) is 28.9 Å². The minimum Gasteiger partial charge on any atom is -0.397 e. The van der Waals surface area contributed by atoms with E-state index in [-0.39, 0.29) is 0 Å². The fourth-order valence-electron chi connectivity index (χ4n) is 1.13. The largest absolute Gasteiger partial charge is 0.397 e. The molecule has 1 aromatic heterocycles. The molecule has 0 atom stereocenters. The quantitative estimate of drug-likeness (QED) is 0.737. The third-order valence-corrected chi connectivity index (χ3v) is 2.44. The predicted octanol–water partition coefficient (Wildman–Crippen LogP) is 2.36. The maximum Gasteiger partial charge on any atom is 0.159 e. The van der Waals surface area contributed by atoms with Crippen molar-refractivity contribution in [1.29, 1.82) is 0 Å². The summed E-state index contributed by atoms with van der Waals surface area (Å²) in [5.74, 6) is 0.509. The normalized spacial score (nSPS) is 10.4. The van der Waals surface area contributed by atoms with Crippen LogP contribution in [0.1, 0.15) is 0 Å². The van der Waals surface area contributed by atoms with Crippen molar-refractivity contribution in [3.8, 4) is 11.4 Å². The number of aromatic nitrogens is 3. The third-order valence-electron chi connectivity index (χ3n) is 1.79. The maximum absolute atomic E-state index is 5.97. The van der Waals surface area contributed by atoms with Gasteiger partial charge < -0.3 is 5.73 Å². The van der Waals surface area contributed by atoms with E-state index >= 15 is 0 Å². The molecular weight excluding hydrogens is 223 g/mol. The number of nitrogens with one attached hydrogen (secondary N) is 1. The zero-order valence-electron chi connectivity index (χ0n) is 6.96. The monoisotopic (exact) mass is 228 g/mol. The van der Waals surface area contributed by atoms with Crippen molar-refractivity contribution >= 4 is 28.9 Å². The Morgan fingerprint density at radius 1 is 1.21 bits per heavy atom. The van der Waals surface area contributed by atoms with Crippen LogP contribution in [0.25, 0.3) is 11.4 Å². The molecule has 0 saturated heterocycles. The number of nitrogens with zero attached hydrogens (tertiary/aromatic N) is 2. The summed E-state index contributed by atoms with van der Waals surface area (Å²) in [6.07, 6.45) is 1.38. The highest BCUT2D eigenvalue weighted by Crippen LogP contribution is 2.35. The summed E-state index contributed by atoms with van der Waals surface area (Å²) in [5, 5.41) is 7.33. The summed E-state index contributed by atoms with van der Waals surface area (Å²) in [6.45, 7) is 0. The average Bonchev–Trinajstić information content (AvgIpc) is 2.65. The Kier molecular flexibility index (Phi) is 2.31. The number of hydrogen-bond donors (Lipinski definition) is 2.